The van der Waals surface area contributed by atoms with Gasteiger partial charge in [0, 0.05) is 63.8 Å². The van der Waals surface area contributed by atoms with E-state index in [1.54, 1.807) is 56.8 Å². The van der Waals surface area contributed by atoms with Gasteiger partial charge in [-0.25, -0.2) is 4.79 Å². The second-order valence-electron chi connectivity index (χ2n) is 13.5. The van der Waals surface area contributed by atoms with Crippen LogP contribution in [0.3, 0.4) is 0 Å². The summed E-state index contributed by atoms with van der Waals surface area (Å²) in [6, 6.07) is 20.7. The van der Waals surface area contributed by atoms with Crippen molar-refractivity contribution in [2.45, 2.75) is 57.8 Å². The number of amides is 4. The van der Waals surface area contributed by atoms with E-state index in [9.17, 15) is 19.2 Å². The summed E-state index contributed by atoms with van der Waals surface area (Å²) in [6.45, 7) is 7.46. The van der Waals surface area contributed by atoms with Crippen LogP contribution in [0, 0.1) is 0 Å². The summed E-state index contributed by atoms with van der Waals surface area (Å²) in [7, 11) is 3.45. The minimum absolute atomic E-state index is 0.0828. The molecule has 3 aromatic carbocycles. The number of carbonyl (C=O) groups is 4. The van der Waals surface area contributed by atoms with Crippen molar-refractivity contribution in [3.05, 3.63) is 100 Å². The number of halogens is 1. The molecular formula is C37H44ClN5O5. The number of hydrogen-bond donors (Lipinski definition) is 1. The molecule has 254 valence electrons. The predicted molar refractivity (Wildman–Crippen MR) is 186 cm³/mol. The number of ether oxygens (including phenoxy) is 1. The molecule has 2 aliphatic heterocycles. The molecule has 2 atom stereocenters. The van der Waals surface area contributed by atoms with Crippen LogP contribution in [0.2, 0.25) is 5.02 Å². The van der Waals surface area contributed by atoms with Crippen LogP contribution in [-0.2, 0) is 33.7 Å². The maximum Gasteiger partial charge on any atom is 0.411 e. The Labute approximate surface area is 287 Å². The van der Waals surface area contributed by atoms with Crippen molar-refractivity contribution in [2.24, 2.45) is 0 Å². The third-order valence-electron chi connectivity index (χ3n) is 8.62. The number of fused-ring (bicyclic) bond motifs is 1. The molecule has 2 unspecified atom stereocenters. The Morgan fingerprint density at radius 1 is 0.896 bits per heavy atom. The molecule has 1 N–H and O–H groups in total. The van der Waals surface area contributed by atoms with Crippen molar-refractivity contribution in [1.82, 2.24) is 20.0 Å². The SMILES string of the molecule is CN(C)C(=O)c1ccccc1N1CCN(C(=O)C(Cc2ccc(Cl)cc2)NC(=O)C2Cc3ccccc3CN2C(=O)OC(C)(C)C)CC1. The van der Waals surface area contributed by atoms with Gasteiger partial charge in [0.2, 0.25) is 11.8 Å². The van der Waals surface area contributed by atoms with Gasteiger partial charge in [-0.05, 0) is 61.7 Å². The molecule has 1 fully saturated rings. The lowest BCUT2D eigenvalue weighted by Crippen LogP contribution is -2.59. The molecule has 0 bridgehead atoms. The van der Waals surface area contributed by atoms with Crippen LogP contribution in [0.25, 0.3) is 0 Å². The molecule has 0 saturated carbocycles. The van der Waals surface area contributed by atoms with Gasteiger partial charge < -0.3 is 24.8 Å². The molecule has 48 heavy (non-hydrogen) atoms. The zero-order chi connectivity index (χ0) is 34.6. The van der Waals surface area contributed by atoms with E-state index in [4.69, 9.17) is 16.3 Å². The summed E-state index contributed by atoms with van der Waals surface area (Å²) in [4.78, 5) is 61.5. The average Bonchev–Trinajstić information content (AvgIpc) is 3.07. The number of nitrogens with one attached hydrogen (secondary N) is 1. The van der Waals surface area contributed by atoms with Gasteiger partial charge in [0.05, 0.1) is 12.1 Å². The van der Waals surface area contributed by atoms with Crippen LogP contribution < -0.4 is 10.2 Å². The fraction of sp³-hybridized carbons (Fsp3) is 0.405. The predicted octanol–water partition coefficient (Wildman–Crippen LogP) is 4.78. The van der Waals surface area contributed by atoms with E-state index in [0.717, 1.165) is 22.4 Å². The van der Waals surface area contributed by atoms with Gasteiger partial charge in [0.15, 0.2) is 0 Å². The van der Waals surface area contributed by atoms with Gasteiger partial charge in [0.25, 0.3) is 5.91 Å². The smallest absolute Gasteiger partial charge is 0.411 e. The van der Waals surface area contributed by atoms with Gasteiger partial charge in [-0.15, -0.1) is 0 Å². The summed E-state index contributed by atoms with van der Waals surface area (Å²) < 4.78 is 5.70. The topological polar surface area (TPSA) is 103 Å². The molecule has 2 aliphatic rings. The molecule has 5 rings (SSSR count). The molecule has 0 aliphatic carbocycles. The molecular weight excluding hydrogens is 630 g/mol. The minimum atomic E-state index is -0.884. The Bertz CT molecular complexity index is 1650. The maximum atomic E-state index is 14.2. The molecule has 3 aromatic rings. The van der Waals surface area contributed by atoms with Crippen LogP contribution in [0.1, 0.15) is 47.8 Å². The van der Waals surface area contributed by atoms with Crippen molar-refractivity contribution in [3.63, 3.8) is 0 Å². The van der Waals surface area contributed by atoms with Crippen LogP contribution >= 0.6 is 11.6 Å². The zero-order valence-corrected chi connectivity index (χ0v) is 29.0. The normalized spacial score (nSPS) is 16.9. The molecule has 1 saturated heterocycles. The van der Waals surface area contributed by atoms with Crippen LogP contribution in [0.15, 0.2) is 72.8 Å². The first-order valence-corrected chi connectivity index (χ1v) is 16.6. The van der Waals surface area contributed by atoms with E-state index >= 15 is 0 Å². The highest BCUT2D eigenvalue weighted by Gasteiger charge is 2.39. The zero-order valence-electron chi connectivity index (χ0n) is 28.2. The highest BCUT2D eigenvalue weighted by Crippen LogP contribution is 2.27. The third-order valence-corrected chi connectivity index (χ3v) is 8.87. The molecule has 2 heterocycles. The second kappa shape index (κ2) is 14.7. The van der Waals surface area contributed by atoms with E-state index in [2.05, 4.69) is 10.2 Å². The van der Waals surface area contributed by atoms with Crippen molar-refractivity contribution in [2.75, 3.05) is 45.2 Å². The van der Waals surface area contributed by atoms with Gasteiger partial charge in [-0.2, -0.15) is 0 Å². The van der Waals surface area contributed by atoms with Gasteiger partial charge in [-0.3, -0.25) is 19.3 Å². The number of hydrogen-bond acceptors (Lipinski definition) is 6. The Morgan fingerprint density at radius 2 is 1.52 bits per heavy atom. The number of carbonyl (C=O) groups excluding carboxylic acids is 4. The van der Waals surface area contributed by atoms with Gasteiger partial charge in [-0.1, -0.05) is 60.1 Å². The number of benzene rings is 3. The Balaban J connectivity index is 1.36. The van der Waals surface area contributed by atoms with E-state index in [0.29, 0.717) is 43.2 Å². The number of rotatable bonds is 7. The number of piperazine rings is 1. The van der Waals surface area contributed by atoms with Crippen molar-refractivity contribution < 1.29 is 23.9 Å². The Hall–Kier alpha value is -4.57. The second-order valence-corrected chi connectivity index (χ2v) is 14.0. The quantitative estimate of drug-likeness (QED) is 0.388. The lowest BCUT2D eigenvalue weighted by atomic mass is 9.93. The standard InChI is InChI=1S/C37H44ClN5O5/c1-37(2,3)48-36(47)43-24-27-11-7-6-10-26(27)23-32(43)33(44)39-30(22-25-14-16-28(38)17-15-25)35(46)42-20-18-41(19-21-42)31-13-9-8-12-29(31)34(45)40(4)5/h6-17,30,32H,18-24H2,1-5H3,(H,39,44). The molecule has 11 heteroatoms. The van der Waals surface area contributed by atoms with Crippen molar-refractivity contribution in [3.8, 4) is 0 Å². The highest BCUT2D eigenvalue weighted by atomic mass is 35.5. The summed E-state index contributed by atoms with van der Waals surface area (Å²) >= 11 is 6.14. The monoisotopic (exact) mass is 673 g/mol. The molecule has 0 spiro atoms. The first kappa shape index (κ1) is 34.8. The van der Waals surface area contributed by atoms with E-state index in [1.807, 2.05) is 60.7 Å². The lowest BCUT2D eigenvalue weighted by Gasteiger charge is -2.39. The highest BCUT2D eigenvalue weighted by molar-refractivity contribution is 6.30. The summed E-state index contributed by atoms with van der Waals surface area (Å²) in [5.41, 5.74) is 3.46. The number of para-hydroxylation sites is 1. The first-order chi connectivity index (χ1) is 22.8. The minimum Gasteiger partial charge on any atom is -0.444 e. The van der Waals surface area contributed by atoms with Crippen molar-refractivity contribution >= 4 is 41.1 Å². The van der Waals surface area contributed by atoms with Gasteiger partial charge >= 0.3 is 6.09 Å². The van der Waals surface area contributed by atoms with Gasteiger partial charge in [0.1, 0.15) is 17.7 Å². The average molecular weight is 674 g/mol. The summed E-state index contributed by atoms with van der Waals surface area (Å²) in [5, 5.41) is 3.60. The maximum absolute atomic E-state index is 14.2. The molecule has 0 aromatic heterocycles. The molecule has 4 amide bonds. The third kappa shape index (κ3) is 8.28. The first-order valence-electron chi connectivity index (χ1n) is 16.3. The van der Waals surface area contributed by atoms with Crippen LogP contribution in [0.5, 0.6) is 0 Å². The fourth-order valence-corrected chi connectivity index (χ4v) is 6.28. The number of anilines is 1. The van der Waals surface area contributed by atoms with Crippen molar-refractivity contribution in [1.29, 1.82) is 0 Å². The lowest BCUT2D eigenvalue weighted by molar-refractivity contribution is -0.138. The molecule has 10 nitrogen and oxygen atoms in total. The van der Waals surface area contributed by atoms with E-state index in [1.165, 1.54) is 4.90 Å². The fourth-order valence-electron chi connectivity index (χ4n) is 6.15. The summed E-state index contributed by atoms with van der Waals surface area (Å²) in [6.07, 6.45) is -0.0352. The molecule has 0 radical (unpaired) electrons. The van der Waals surface area contributed by atoms with Crippen LogP contribution in [0.4, 0.5) is 10.5 Å². The largest absolute Gasteiger partial charge is 0.444 e. The summed E-state index contributed by atoms with van der Waals surface area (Å²) in [5.74, 6) is -0.714. The van der Waals surface area contributed by atoms with E-state index < -0.39 is 29.7 Å². The number of nitrogens with zero attached hydrogens (tertiary/aromatic N) is 4. The van der Waals surface area contributed by atoms with E-state index in [-0.39, 0.29) is 24.8 Å². The Kier molecular flexibility index (Phi) is 10.6. The Morgan fingerprint density at radius 3 is 2.17 bits per heavy atom. The van der Waals surface area contributed by atoms with Crippen LogP contribution in [-0.4, -0.2) is 96.5 Å².